The molecule has 5 nitrogen and oxygen atoms in total. The van der Waals surface area contributed by atoms with Crippen LogP contribution in [0.5, 0.6) is 5.75 Å². The van der Waals surface area contributed by atoms with Crippen LogP contribution in [0, 0.1) is 12.8 Å². The molecule has 3 aromatic rings. The van der Waals surface area contributed by atoms with Crippen LogP contribution in [0.15, 0.2) is 71.2 Å². The molecule has 0 unspecified atom stereocenters. The van der Waals surface area contributed by atoms with Crippen molar-refractivity contribution in [1.29, 1.82) is 0 Å². The number of rotatable bonds is 3. The van der Waals surface area contributed by atoms with Crippen molar-refractivity contribution in [2.24, 2.45) is 5.92 Å². The molecule has 5 rings (SSSR count). The number of hydrogen-bond acceptors (Lipinski definition) is 3. The lowest BCUT2D eigenvalue weighted by Crippen LogP contribution is -2.72. The molecule has 2 aliphatic rings. The van der Waals surface area contributed by atoms with Gasteiger partial charge < -0.3 is 15.4 Å². The van der Waals surface area contributed by atoms with Crippen molar-refractivity contribution in [1.82, 2.24) is 5.32 Å². The van der Waals surface area contributed by atoms with Gasteiger partial charge in [-0.25, -0.2) is 0 Å². The normalized spacial score (nSPS) is 23.3. The van der Waals surface area contributed by atoms with Crippen molar-refractivity contribution in [2.75, 3.05) is 10.2 Å². The molecule has 1 saturated heterocycles. The van der Waals surface area contributed by atoms with Crippen LogP contribution >= 0.6 is 39.7 Å². The number of nitrogens with zero attached hydrogens (tertiary/aromatic N) is 1. The molecule has 168 valence electrons. The SMILES string of the molecule is Cc1cccc(N2C(=S)N[C@H]3c4cc(Br)ccc4O[C@@]2(C)[C@H]3C(=O)Nc2ccc(Cl)cc2)c1. The molecule has 2 N–H and O–H groups in total. The van der Waals surface area contributed by atoms with E-state index in [1.54, 1.807) is 24.3 Å². The van der Waals surface area contributed by atoms with Crippen LogP contribution in [0.4, 0.5) is 11.4 Å². The molecule has 1 fully saturated rings. The molecule has 2 heterocycles. The van der Waals surface area contributed by atoms with Crippen molar-refractivity contribution in [2.45, 2.75) is 25.6 Å². The molecule has 33 heavy (non-hydrogen) atoms. The van der Waals surface area contributed by atoms with Gasteiger partial charge in [0.1, 0.15) is 11.7 Å². The predicted octanol–water partition coefficient (Wildman–Crippen LogP) is 6.21. The first-order valence-electron chi connectivity index (χ1n) is 10.5. The second-order valence-corrected chi connectivity index (χ2v) is 10.2. The number of anilines is 2. The average molecular weight is 543 g/mol. The highest BCUT2D eigenvalue weighted by molar-refractivity contribution is 9.10. The topological polar surface area (TPSA) is 53.6 Å². The monoisotopic (exact) mass is 541 g/mol. The van der Waals surface area contributed by atoms with Crippen LogP contribution in [-0.2, 0) is 4.79 Å². The number of amides is 1. The molecule has 3 atom stereocenters. The maximum absolute atomic E-state index is 13.8. The summed E-state index contributed by atoms with van der Waals surface area (Å²) in [6.07, 6.45) is 0. The van der Waals surface area contributed by atoms with E-state index in [0.717, 1.165) is 21.3 Å². The minimum Gasteiger partial charge on any atom is -0.467 e. The molecule has 2 bridgehead atoms. The highest BCUT2D eigenvalue weighted by Crippen LogP contribution is 2.50. The Morgan fingerprint density at radius 1 is 1.18 bits per heavy atom. The highest BCUT2D eigenvalue weighted by atomic mass is 79.9. The molecule has 0 radical (unpaired) electrons. The maximum atomic E-state index is 13.8. The standard InChI is InChI=1S/C25H21BrClN3O2S/c1-14-4-3-5-18(12-14)30-24(33)29-22-19-13-15(26)6-11-20(19)32-25(30,2)21(22)23(31)28-17-9-7-16(27)8-10-17/h3-13,21-22H,1-2H3,(H,28,31)(H,29,33)/t21-,22+,25+/m1/s1. The van der Waals surface area contributed by atoms with Gasteiger partial charge in [-0.15, -0.1) is 0 Å². The third-order valence-corrected chi connectivity index (χ3v) is 7.16. The molecular weight excluding hydrogens is 522 g/mol. The van der Waals surface area contributed by atoms with Gasteiger partial charge in [0, 0.05) is 26.4 Å². The Balaban J connectivity index is 1.63. The van der Waals surface area contributed by atoms with Gasteiger partial charge in [0.25, 0.3) is 0 Å². The third kappa shape index (κ3) is 3.88. The van der Waals surface area contributed by atoms with E-state index < -0.39 is 11.6 Å². The van der Waals surface area contributed by atoms with E-state index >= 15 is 0 Å². The second-order valence-electron chi connectivity index (χ2n) is 8.41. The number of aryl methyl sites for hydroxylation is 1. The van der Waals surface area contributed by atoms with Gasteiger partial charge >= 0.3 is 0 Å². The minimum absolute atomic E-state index is 0.178. The fourth-order valence-corrected chi connectivity index (χ4v) is 5.58. The fourth-order valence-electron chi connectivity index (χ4n) is 4.66. The van der Waals surface area contributed by atoms with Gasteiger partial charge in [-0.05, 0) is 86.2 Å². The lowest BCUT2D eigenvalue weighted by molar-refractivity contribution is -0.130. The Morgan fingerprint density at radius 3 is 2.67 bits per heavy atom. The van der Waals surface area contributed by atoms with E-state index in [4.69, 9.17) is 28.6 Å². The summed E-state index contributed by atoms with van der Waals surface area (Å²) in [5, 5.41) is 7.58. The van der Waals surface area contributed by atoms with Crippen LogP contribution in [-0.4, -0.2) is 16.7 Å². The van der Waals surface area contributed by atoms with E-state index in [1.807, 2.05) is 61.2 Å². The zero-order valence-electron chi connectivity index (χ0n) is 17.9. The van der Waals surface area contributed by atoms with Crippen LogP contribution in [0.1, 0.15) is 24.1 Å². The van der Waals surface area contributed by atoms with Crippen molar-refractivity contribution in [3.63, 3.8) is 0 Å². The number of benzene rings is 3. The summed E-state index contributed by atoms with van der Waals surface area (Å²) in [5.41, 5.74) is 2.43. The zero-order chi connectivity index (χ0) is 23.3. The molecule has 3 aromatic carbocycles. The van der Waals surface area contributed by atoms with Crippen molar-refractivity contribution in [3.05, 3.63) is 87.4 Å². The third-order valence-electron chi connectivity index (χ3n) is 6.11. The average Bonchev–Trinajstić information content (AvgIpc) is 2.75. The van der Waals surface area contributed by atoms with Gasteiger partial charge in [-0.2, -0.15) is 0 Å². The van der Waals surface area contributed by atoms with Crippen molar-refractivity contribution >= 4 is 62.1 Å². The number of fused-ring (bicyclic) bond motifs is 4. The first kappa shape index (κ1) is 22.2. The largest absolute Gasteiger partial charge is 0.467 e. The van der Waals surface area contributed by atoms with E-state index in [1.165, 1.54) is 0 Å². The zero-order valence-corrected chi connectivity index (χ0v) is 21.1. The highest BCUT2D eigenvalue weighted by Gasteiger charge is 2.59. The number of halogens is 2. The molecule has 1 amide bonds. The van der Waals surface area contributed by atoms with E-state index in [-0.39, 0.29) is 11.9 Å². The molecule has 8 heteroatoms. The summed E-state index contributed by atoms with van der Waals surface area (Å²) >= 11 is 15.4. The van der Waals surface area contributed by atoms with Gasteiger partial charge in [0.15, 0.2) is 10.8 Å². The second kappa shape index (κ2) is 8.31. The predicted molar refractivity (Wildman–Crippen MR) is 139 cm³/mol. The van der Waals surface area contributed by atoms with Gasteiger partial charge in [0.05, 0.1) is 6.04 Å². The smallest absolute Gasteiger partial charge is 0.236 e. The van der Waals surface area contributed by atoms with Crippen molar-refractivity contribution < 1.29 is 9.53 Å². The Labute approximate surface area is 211 Å². The van der Waals surface area contributed by atoms with Crippen LogP contribution < -0.4 is 20.3 Å². The Kier molecular flexibility index (Phi) is 5.59. The number of hydrogen-bond donors (Lipinski definition) is 2. The number of ether oxygens (including phenoxy) is 1. The summed E-state index contributed by atoms with van der Waals surface area (Å²) in [7, 11) is 0. The molecular formula is C25H21BrClN3O2S. The fraction of sp³-hybridized carbons (Fsp3) is 0.200. The number of carbonyl (C=O) groups is 1. The number of nitrogens with one attached hydrogen (secondary N) is 2. The molecule has 0 spiro atoms. The number of carbonyl (C=O) groups excluding carboxylic acids is 1. The van der Waals surface area contributed by atoms with E-state index in [2.05, 4.69) is 26.6 Å². The van der Waals surface area contributed by atoms with Gasteiger partial charge in [-0.1, -0.05) is 39.7 Å². The van der Waals surface area contributed by atoms with Gasteiger partial charge in [-0.3, -0.25) is 9.69 Å². The lowest BCUT2D eigenvalue weighted by Gasteiger charge is -2.56. The van der Waals surface area contributed by atoms with Gasteiger partial charge in [0.2, 0.25) is 5.91 Å². The van der Waals surface area contributed by atoms with E-state index in [0.29, 0.717) is 21.6 Å². The van der Waals surface area contributed by atoms with E-state index in [9.17, 15) is 4.79 Å². The number of thiocarbonyl (C=S) groups is 1. The summed E-state index contributed by atoms with van der Waals surface area (Å²) < 4.78 is 7.51. The maximum Gasteiger partial charge on any atom is 0.236 e. The van der Waals surface area contributed by atoms with Crippen LogP contribution in [0.2, 0.25) is 5.02 Å². The first-order chi connectivity index (χ1) is 15.8. The molecule has 0 saturated carbocycles. The molecule has 0 aliphatic carbocycles. The summed E-state index contributed by atoms with van der Waals surface area (Å²) in [6.45, 7) is 3.95. The lowest BCUT2D eigenvalue weighted by atomic mass is 9.78. The van der Waals surface area contributed by atoms with Crippen LogP contribution in [0.3, 0.4) is 0 Å². The Morgan fingerprint density at radius 2 is 1.94 bits per heavy atom. The quantitative estimate of drug-likeness (QED) is 0.386. The summed E-state index contributed by atoms with van der Waals surface area (Å²) in [5.74, 6) is -0.0702. The summed E-state index contributed by atoms with van der Waals surface area (Å²) in [6, 6.07) is 20.5. The minimum atomic E-state index is -1.06. The Bertz CT molecular complexity index is 1270. The van der Waals surface area contributed by atoms with Crippen molar-refractivity contribution in [3.8, 4) is 5.75 Å². The molecule has 0 aromatic heterocycles. The Hall–Kier alpha value is -2.61. The summed E-state index contributed by atoms with van der Waals surface area (Å²) in [4.78, 5) is 15.7. The first-order valence-corrected chi connectivity index (χ1v) is 12.1. The molecule has 2 aliphatic heterocycles. The van der Waals surface area contributed by atoms with Crippen LogP contribution in [0.25, 0.3) is 0 Å².